The number of amides is 1. The SMILES string of the molecule is COC(C)CN1OCC(N)C1=O. The summed E-state index contributed by atoms with van der Waals surface area (Å²) >= 11 is 0. The molecule has 2 N–H and O–H groups in total. The van der Waals surface area contributed by atoms with Crippen molar-refractivity contribution in [2.45, 2.75) is 19.1 Å². The van der Waals surface area contributed by atoms with Gasteiger partial charge in [-0.2, -0.15) is 0 Å². The molecule has 1 heterocycles. The molecule has 1 aliphatic rings. The van der Waals surface area contributed by atoms with Crippen LogP contribution in [-0.4, -0.2) is 43.4 Å². The van der Waals surface area contributed by atoms with Crippen LogP contribution in [0.1, 0.15) is 6.92 Å². The van der Waals surface area contributed by atoms with E-state index < -0.39 is 6.04 Å². The summed E-state index contributed by atoms with van der Waals surface area (Å²) < 4.78 is 4.98. The molecule has 1 saturated heterocycles. The topological polar surface area (TPSA) is 64.8 Å². The fourth-order valence-corrected chi connectivity index (χ4v) is 0.941. The Kier molecular flexibility index (Phi) is 3.02. The van der Waals surface area contributed by atoms with Gasteiger partial charge < -0.3 is 10.5 Å². The summed E-state index contributed by atoms with van der Waals surface area (Å²) in [6.07, 6.45) is -0.0285. The van der Waals surface area contributed by atoms with Crippen molar-refractivity contribution in [3.8, 4) is 0 Å². The number of methoxy groups -OCH3 is 1. The number of nitrogens with two attached hydrogens (primary N) is 1. The van der Waals surface area contributed by atoms with Gasteiger partial charge in [-0.25, -0.2) is 5.06 Å². The van der Waals surface area contributed by atoms with Gasteiger partial charge in [0.05, 0.1) is 19.3 Å². The molecule has 2 unspecified atom stereocenters. The van der Waals surface area contributed by atoms with Crippen LogP contribution in [0.2, 0.25) is 0 Å². The smallest absolute Gasteiger partial charge is 0.265 e. The molecule has 0 spiro atoms. The summed E-state index contributed by atoms with van der Waals surface area (Å²) in [6.45, 7) is 2.57. The Morgan fingerprint density at radius 2 is 2.58 bits per heavy atom. The molecule has 0 saturated carbocycles. The van der Waals surface area contributed by atoms with Gasteiger partial charge >= 0.3 is 0 Å². The molecule has 12 heavy (non-hydrogen) atoms. The van der Waals surface area contributed by atoms with Crippen LogP contribution in [-0.2, 0) is 14.4 Å². The minimum absolute atomic E-state index is 0.0285. The first-order valence-corrected chi connectivity index (χ1v) is 3.88. The van der Waals surface area contributed by atoms with Crippen molar-refractivity contribution < 1.29 is 14.4 Å². The Balaban J connectivity index is 2.39. The van der Waals surface area contributed by atoms with Gasteiger partial charge in [-0.3, -0.25) is 9.63 Å². The maximum Gasteiger partial charge on any atom is 0.265 e. The summed E-state index contributed by atoms with van der Waals surface area (Å²) in [7, 11) is 1.59. The second kappa shape index (κ2) is 3.84. The van der Waals surface area contributed by atoms with Crippen LogP contribution in [0.4, 0.5) is 0 Å². The van der Waals surface area contributed by atoms with Crippen molar-refractivity contribution in [1.82, 2.24) is 5.06 Å². The molecule has 0 radical (unpaired) electrons. The lowest BCUT2D eigenvalue weighted by molar-refractivity contribution is -0.168. The van der Waals surface area contributed by atoms with E-state index in [1.165, 1.54) is 5.06 Å². The fraction of sp³-hybridized carbons (Fsp3) is 0.857. The first kappa shape index (κ1) is 9.44. The second-order valence-corrected chi connectivity index (χ2v) is 2.85. The molecule has 1 rings (SSSR count). The van der Waals surface area contributed by atoms with Gasteiger partial charge in [-0.05, 0) is 6.92 Å². The number of hydrogen-bond donors (Lipinski definition) is 1. The highest BCUT2D eigenvalue weighted by molar-refractivity contribution is 5.82. The fourth-order valence-electron chi connectivity index (χ4n) is 0.941. The number of hydrogen-bond acceptors (Lipinski definition) is 4. The van der Waals surface area contributed by atoms with Gasteiger partial charge in [0.25, 0.3) is 5.91 Å². The van der Waals surface area contributed by atoms with Crippen molar-refractivity contribution in [2.24, 2.45) is 5.73 Å². The van der Waals surface area contributed by atoms with Gasteiger partial charge in [0.15, 0.2) is 0 Å². The molecule has 1 amide bonds. The number of rotatable bonds is 3. The number of hydroxylamine groups is 2. The highest BCUT2D eigenvalue weighted by Gasteiger charge is 2.30. The van der Waals surface area contributed by atoms with E-state index in [0.717, 1.165) is 0 Å². The number of carbonyl (C=O) groups is 1. The van der Waals surface area contributed by atoms with Crippen molar-refractivity contribution in [2.75, 3.05) is 20.3 Å². The summed E-state index contributed by atoms with van der Waals surface area (Å²) in [5.74, 6) is -0.168. The van der Waals surface area contributed by atoms with Crippen LogP contribution >= 0.6 is 0 Å². The van der Waals surface area contributed by atoms with Gasteiger partial charge in [0.2, 0.25) is 0 Å². The zero-order valence-corrected chi connectivity index (χ0v) is 7.32. The Hall–Kier alpha value is -0.650. The zero-order chi connectivity index (χ0) is 9.14. The predicted molar refractivity (Wildman–Crippen MR) is 42.1 cm³/mol. The van der Waals surface area contributed by atoms with Crippen molar-refractivity contribution in [3.63, 3.8) is 0 Å². The molecule has 1 aliphatic heterocycles. The third-order valence-electron chi connectivity index (χ3n) is 1.80. The van der Waals surface area contributed by atoms with Crippen LogP contribution in [0.3, 0.4) is 0 Å². The number of carbonyl (C=O) groups excluding carboxylic acids is 1. The van der Waals surface area contributed by atoms with E-state index in [-0.39, 0.29) is 18.6 Å². The summed E-state index contributed by atoms with van der Waals surface area (Å²) in [4.78, 5) is 16.2. The molecule has 0 aromatic carbocycles. The quantitative estimate of drug-likeness (QED) is 0.603. The minimum atomic E-state index is -0.506. The average molecular weight is 174 g/mol. The van der Waals surface area contributed by atoms with Gasteiger partial charge in [-0.1, -0.05) is 0 Å². The lowest BCUT2D eigenvalue weighted by Gasteiger charge is -2.17. The van der Waals surface area contributed by atoms with Crippen LogP contribution in [0, 0.1) is 0 Å². The van der Waals surface area contributed by atoms with E-state index >= 15 is 0 Å². The van der Waals surface area contributed by atoms with Crippen LogP contribution in [0.5, 0.6) is 0 Å². The van der Waals surface area contributed by atoms with Gasteiger partial charge in [0, 0.05) is 7.11 Å². The van der Waals surface area contributed by atoms with E-state index in [2.05, 4.69) is 0 Å². The normalized spacial score (nSPS) is 26.4. The summed E-state index contributed by atoms with van der Waals surface area (Å²) in [6, 6.07) is -0.506. The van der Waals surface area contributed by atoms with E-state index in [4.69, 9.17) is 15.3 Å². The third-order valence-corrected chi connectivity index (χ3v) is 1.80. The van der Waals surface area contributed by atoms with E-state index in [1.807, 2.05) is 6.92 Å². The number of nitrogens with zero attached hydrogens (tertiary/aromatic N) is 1. The predicted octanol–water partition coefficient (Wildman–Crippen LogP) is -0.878. The Labute approximate surface area is 71.4 Å². The molecule has 0 aromatic heterocycles. The lowest BCUT2D eigenvalue weighted by Crippen LogP contribution is -2.38. The van der Waals surface area contributed by atoms with Gasteiger partial charge in [0.1, 0.15) is 6.04 Å². The summed E-state index contributed by atoms with van der Waals surface area (Å²) in [5, 5.41) is 1.26. The molecule has 70 valence electrons. The molecular weight excluding hydrogens is 160 g/mol. The van der Waals surface area contributed by atoms with Crippen LogP contribution in [0.15, 0.2) is 0 Å². The van der Waals surface area contributed by atoms with Crippen molar-refractivity contribution >= 4 is 5.91 Å². The second-order valence-electron chi connectivity index (χ2n) is 2.85. The Morgan fingerprint density at radius 3 is 3.00 bits per heavy atom. The summed E-state index contributed by atoms with van der Waals surface area (Å²) in [5.41, 5.74) is 5.43. The van der Waals surface area contributed by atoms with E-state index in [1.54, 1.807) is 7.11 Å². The minimum Gasteiger partial charge on any atom is -0.380 e. The van der Waals surface area contributed by atoms with E-state index in [9.17, 15) is 4.79 Å². The molecular formula is C7H14N2O3. The lowest BCUT2D eigenvalue weighted by atomic mass is 10.3. The molecule has 0 bridgehead atoms. The largest absolute Gasteiger partial charge is 0.380 e. The standard InChI is InChI=1S/C7H14N2O3/c1-5(11-2)3-9-7(10)6(8)4-12-9/h5-6H,3-4,8H2,1-2H3. The number of ether oxygens (including phenoxy) is 1. The maximum absolute atomic E-state index is 11.2. The molecule has 5 nitrogen and oxygen atoms in total. The van der Waals surface area contributed by atoms with Crippen LogP contribution < -0.4 is 5.73 Å². The van der Waals surface area contributed by atoms with Gasteiger partial charge in [-0.15, -0.1) is 0 Å². The average Bonchev–Trinajstić information content (AvgIpc) is 2.36. The zero-order valence-electron chi connectivity index (χ0n) is 7.32. The van der Waals surface area contributed by atoms with Crippen LogP contribution in [0.25, 0.3) is 0 Å². The van der Waals surface area contributed by atoms with Crippen molar-refractivity contribution in [1.29, 1.82) is 0 Å². The Bertz CT molecular complexity index is 174. The molecule has 0 aliphatic carbocycles. The third kappa shape index (κ3) is 1.94. The maximum atomic E-state index is 11.2. The monoisotopic (exact) mass is 174 g/mol. The molecule has 5 heteroatoms. The first-order valence-electron chi connectivity index (χ1n) is 3.88. The first-order chi connectivity index (χ1) is 5.65. The highest BCUT2D eigenvalue weighted by Crippen LogP contribution is 2.07. The Morgan fingerprint density at radius 1 is 1.92 bits per heavy atom. The van der Waals surface area contributed by atoms with E-state index in [0.29, 0.717) is 6.54 Å². The molecule has 1 fully saturated rings. The van der Waals surface area contributed by atoms with Crippen molar-refractivity contribution in [3.05, 3.63) is 0 Å². The molecule has 0 aromatic rings. The molecule has 2 atom stereocenters. The highest BCUT2D eigenvalue weighted by atomic mass is 16.7.